The molecular weight excluding hydrogens is 791 g/mol. The number of rotatable bonds is 2. The summed E-state index contributed by atoms with van der Waals surface area (Å²) in [4.78, 5) is 4.94. The molecule has 0 amide bonds. The fraction of sp³-hybridized carbons (Fsp3) is 0.0333. The van der Waals surface area contributed by atoms with E-state index < -0.39 is 0 Å². The van der Waals surface area contributed by atoms with Gasteiger partial charge in [0, 0.05) is 33.5 Å². The highest BCUT2D eigenvalue weighted by molar-refractivity contribution is 6.99. The minimum Gasteiger partial charge on any atom is -0.468 e. The molecule has 0 atom stereocenters. The van der Waals surface area contributed by atoms with Crippen LogP contribution in [0.2, 0.25) is 0 Å². The maximum Gasteiger partial charge on any atom is 0.342 e. The van der Waals surface area contributed by atoms with Gasteiger partial charge in [-0.25, -0.2) is 0 Å². The Morgan fingerprint density at radius 2 is 0.677 bits per heavy atom. The van der Waals surface area contributed by atoms with E-state index in [0.29, 0.717) is 0 Å². The number of furan rings is 2. The summed E-state index contributed by atoms with van der Waals surface area (Å²) in [5.41, 5.74) is 13.5. The van der Waals surface area contributed by atoms with Gasteiger partial charge < -0.3 is 18.6 Å². The van der Waals surface area contributed by atoms with Gasteiger partial charge in [-0.05, 0) is 145 Å². The van der Waals surface area contributed by atoms with Crippen LogP contribution in [0.1, 0.15) is 11.1 Å². The molecule has 11 aromatic carbocycles. The van der Waals surface area contributed by atoms with Crippen molar-refractivity contribution in [2.45, 2.75) is 13.8 Å². The molecule has 302 valence electrons. The normalized spacial score (nSPS) is 13.3. The Hall–Kier alpha value is -8.28. The van der Waals surface area contributed by atoms with E-state index in [1.165, 1.54) is 75.8 Å². The van der Waals surface area contributed by atoms with Crippen molar-refractivity contribution in [2.24, 2.45) is 0 Å². The Balaban J connectivity index is 1.05. The zero-order valence-electron chi connectivity index (χ0n) is 35.7. The lowest BCUT2D eigenvalue weighted by atomic mass is 9.37. The van der Waals surface area contributed by atoms with E-state index in [2.05, 4.69) is 212 Å². The largest absolute Gasteiger partial charge is 0.468 e. The van der Waals surface area contributed by atoms with Gasteiger partial charge in [0.05, 0.1) is 11.4 Å². The molecule has 0 bridgehead atoms. The summed E-state index contributed by atoms with van der Waals surface area (Å²) in [7, 11) is 0. The number of anilines is 6. The average molecular weight is 829 g/mol. The lowest BCUT2D eigenvalue weighted by Gasteiger charge is -2.40. The number of aryl methyl sites for hydroxylation is 2. The SMILES string of the molecule is Cc1ccc2oc3c(c2c1)N(c1ccc2c4ccccc4c4ccccc4c2c1)c1cccc2c1B3c1oc3ccc(C)cc3c1N2c1ccc2c3ccccc3c3ccccc3c2c1. The average Bonchev–Trinajstić information content (AvgIpc) is 3.92. The molecule has 2 aliphatic rings. The van der Waals surface area contributed by atoms with E-state index in [9.17, 15) is 0 Å². The predicted octanol–water partition coefficient (Wildman–Crippen LogP) is 14.8. The van der Waals surface area contributed by atoms with Crippen LogP contribution < -0.4 is 26.6 Å². The number of nitrogens with zero attached hydrogens (tertiary/aromatic N) is 2. The minimum absolute atomic E-state index is 0.297. The van der Waals surface area contributed by atoms with Crippen LogP contribution >= 0.6 is 0 Å². The van der Waals surface area contributed by atoms with Crippen molar-refractivity contribution in [3.63, 3.8) is 0 Å². The van der Waals surface area contributed by atoms with E-state index in [1.54, 1.807) is 0 Å². The van der Waals surface area contributed by atoms with Crippen LogP contribution in [0.5, 0.6) is 0 Å². The fourth-order valence-corrected chi connectivity index (χ4v) is 11.7. The Kier molecular flexibility index (Phi) is 6.87. The van der Waals surface area contributed by atoms with E-state index in [0.717, 1.165) is 72.8 Å². The van der Waals surface area contributed by atoms with Crippen molar-refractivity contribution in [2.75, 3.05) is 9.80 Å². The first kappa shape index (κ1) is 35.2. The molecule has 5 heteroatoms. The molecule has 0 unspecified atom stereocenters. The van der Waals surface area contributed by atoms with Crippen molar-refractivity contribution in [1.82, 2.24) is 0 Å². The molecule has 2 aliphatic heterocycles. The maximum atomic E-state index is 7.21. The molecule has 0 N–H and O–H groups in total. The summed E-state index contributed by atoms with van der Waals surface area (Å²) >= 11 is 0. The van der Waals surface area contributed by atoms with Gasteiger partial charge in [0.25, 0.3) is 0 Å². The van der Waals surface area contributed by atoms with Crippen LogP contribution in [0.3, 0.4) is 0 Å². The standard InChI is InChI=1S/C60H37BN2O2/c1-34-22-28-54-50(30-34)57-59(64-54)61-56-52(62(57)36-24-26-46-42-16-5-3-12-38(42)40-14-7-9-18-44(40)48(46)32-36)20-11-21-53(56)63(58-51-31-35(2)23-29-55(51)65-60(58)61)37-25-27-47-43-17-6-4-13-39(43)41-15-8-10-19-45(41)49(47)33-37/h3-33H,1-2H3. The van der Waals surface area contributed by atoms with Gasteiger partial charge in [-0.3, -0.25) is 0 Å². The van der Waals surface area contributed by atoms with E-state index in [1.807, 2.05) is 0 Å². The van der Waals surface area contributed by atoms with Crippen molar-refractivity contribution < 1.29 is 8.83 Å². The van der Waals surface area contributed by atoms with E-state index >= 15 is 0 Å². The van der Waals surface area contributed by atoms with Crippen LogP contribution in [0.25, 0.3) is 86.6 Å². The molecule has 2 aromatic heterocycles. The third-order valence-electron chi connectivity index (χ3n) is 14.5. The lowest BCUT2D eigenvalue weighted by Crippen LogP contribution is -2.60. The highest BCUT2D eigenvalue weighted by Gasteiger charge is 2.49. The molecule has 13 aromatic rings. The smallest absolute Gasteiger partial charge is 0.342 e. The second kappa shape index (κ2) is 12.7. The number of hydrogen-bond acceptors (Lipinski definition) is 4. The quantitative estimate of drug-likeness (QED) is 0.128. The van der Waals surface area contributed by atoms with Gasteiger partial charge in [0.1, 0.15) is 22.5 Å². The highest BCUT2D eigenvalue weighted by atomic mass is 16.3. The summed E-state index contributed by atoms with van der Waals surface area (Å²) in [5.74, 6) is 0. The third-order valence-corrected chi connectivity index (χ3v) is 14.5. The topological polar surface area (TPSA) is 32.8 Å². The fourth-order valence-electron chi connectivity index (χ4n) is 11.7. The second-order valence-corrected chi connectivity index (χ2v) is 18.1. The summed E-state index contributed by atoms with van der Waals surface area (Å²) in [6, 6.07) is 69.3. The predicted molar refractivity (Wildman–Crippen MR) is 275 cm³/mol. The first-order chi connectivity index (χ1) is 32.1. The summed E-state index contributed by atoms with van der Waals surface area (Å²) in [6.45, 7) is 4.03. The molecule has 15 rings (SSSR count). The Morgan fingerprint density at radius 3 is 1.06 bits per heavy atom. The molecule has 0 radical (unpaired) electrons. The van der Waals surface area contributed by atoms with Crippen LogP contribution in [-0.2, 0) is 0 Å². The van der Waals surface area contributed by atoms with Crippen LogP contribution in [-0.4, -0.2) is 6.71 Å². The third kappa shape index (κ3) is 4.66. The number of fused-ring (bicyclic) bond motifs is 20. The molecular formula is C60H37BN2O2. The summed E-state index contributed by atoms with van der Waals surface area (Å²) in [6.07, 6.45) is 0. The zero-order valence-corrected chi connectivity index (χ0v) is 35.7. The second-order valence-electron chi connectivity index (χ2n) is 18.1. The Bertz CT molecular complexity index is 3920. The van der Waals surface area contributed by atoms with Crippen molar-refractivity contribution in [3.05, 3.63) is 199 Å². The van der Waals surface area contributed by atoms with Gasteiger partial charge in [-0.15, -0.1) is 0 Å². The van der Waals surface area contributed by atoms with E-state index in [-0.39, 0.29) is 6.71 Å². The van der Waals surface area contributed by atoms with Crippen molar-refractivity contribution >= 4 is 144 Å². The van der Waals surface area contributed by atoms with Crippen molar-refractivity contribution in [1.29, 1.82) is 0 Å². The molecule has 4 heterocycles. The van der Waals surface area contributed by atoms with Crippen LogP contribution in [0, 0.1) is 13.8 Å². The van der Waals surface area contributed by atoms with Gasteiger partial charge in [0.15, 0.2) is 0 Å². The van der Waals surface area contributed by atoms with Crippen molar-refractivity contribution in [3.8, 4) is 0 Å². The molecule has 0 saturated carbocycles. The summed E-state index contributed by atoms with van der Waals surface area (Å²) in [5, 5.41) is 17.2. The Labute approximate surface area is 374 Å². The van der Waals surface area contributed by atoms with Crippen LogP contribution in [0.15, 0.2) is 197 Å². The number of benzene rings is 11. The first-order valence-corrected chi connectivity index (χ1v) is 22.5. The Morgan fingerprint density at radius 1 is 0.323 bits per heavy atom. The molecule has 0 saturated heterocycles. The zero-order chi connectivity index (χ0) is 42.7. The lowest BCUT2D eigenvalue weighted by molar-refractivity contribution is 0.637. The molecule has 0 aliphatic carbocycles. The molecule has 4 nitrogen and oxygen atoms in total. The monoisotopic (exact) mass is 828 g/mol. The summed E-state index contributed by atoms with van der Waals surface area (Å²) < 4.78 is 14.4. The molecule has 65 heavy (non-hydrogen) atoms. The molecule has 0 fully saturated rings. The van der Waals surface area contributed by atoms with Gasteiger partial charge in [-0.2, -0.15) is 0 Å². The minimum atomic E-state index is -0.297. The molecule has 0 spiro atoms. The van der Waals surface area contributed by atoms with Gasteiger partial charge in [0.2, 0.25) is 0 Å². The van der Waals surface area contributed by atoms with E-state index in [4.69, 9.17) is 8.83 Å². The number of hydrogen-bond donors (Lipinski definition) is 0. The van der Waals surface area contributed by atoms with Gasteiger partial charge in [-0.1, -0.05) is 139 Å². The maximum absolute atomic E-state index is 7.21. The van der Waals surface area contributed by atoms with Crippen LogP contribution in [0.4, 0.5) is 34.1 Å². The highest BCUT2D eigenvalue weighted by Crippen LogP contribution is 2.50. The first-order valence-electron chi connectivity index (χ1n) is 22.5. The van der Waals surface area contributed by atoms with Gasteiger partial charge >= 0.3 is 6.71 Å².